The predicted molar refractivity (Wildman–Crippen MR) is 102 cm³/mol. The van der Waals surface area contributed by atoms with Crippen LogP contribution in [0.1, 0.15) is 82.6 Å². The van der Waals surface area contributed by atoms with Gasteiger partial charge in [-0.15, -0.1) is 0 Å². The Morgan fingerprint density at radius 3 is 2.31 bits per heavy atom. The average Bonchev–Trinajstić information content (AvgIpc) is 2.66. The Morgan fingerprint density at radius 1 is 0.846 bits per heavy atom. The minimum atomic E-state index is -1.38. The highest BCUT2D eigenvalue weighted by atomic mass is 19.2. The molecule has 1 fully saturated rings. The highest BCUT2D eigenvalue weighted by Gasteiger charge is 2.23. The van der Waals surface area contributed by atoms with Crippen molar-refractivity contribution in [1.29, 1.82) is 0 Å². The van der Waals surface area contributed by atoms with Crippen molar-refractivity contribution in [2.24, 2.45) is 5.92 Å². The maximum Gasteiger partial charge on any atom is 0.195 e. The van der Waals surface area contributed by atoms with Gasteiger partial charge in [-0.2, -0.15) is 0 Å². The molecule has 1 aliphatic rings. The Kier molecular flexibility index (Phi) is 6.61. The van der Waals surface area contributed by atoms with Gasteiger partial charge in [-0.25, -0.2) is 13.2 Å². The van der Waals surface area contributed by atoms with Crippen LogP contribution in [0.15, 0.2) is 24.3 Å². The van der Waals surface area contributed by atoms with Gasteiger partial charge in [0.15, 0.2) is 17.5 Å². The van der Waals surface area contributed by atoms with Crippen LogP contribution in [0.2, 0.25) is 0 Å². The molecule has 0 unspecified atom stereocenters. The first-order valence-electron chi connectivity index (χ1n) is 10.2. The summed E-state index contributed by atoms with van der Waals surface area (Å²) in [5.74, 6) is -2.30. The van der Waals surface area contributed by atoms with E-state index < -0.39 is 17.5 Å². The van der Waals surface area contributed by atoms with Crippen LogP contribution in [0, 0.1) is 23.4 Å². The SMILES string of the molecule is CCCCCCC[C@H]1CC[C@H](c2ccc3c(F)c(F)c(F)cc3c2)CC1. The van der Waals surface area contributed by atoms with Crippen molar-refractivity contribution in [3.63, 3.8) is 0 Å². The number of rotatable bonds is 7. The van der Waals surface area contributed by atoms with Crippen molar-refractivity contribution in [2.45, 2.75) is 77.0 Å². The molecule has 0 radical (unpaired) electrons. The lowest BCUT2D eigenvalue weighted by atomic mass is 9.76. The molecular weight excluding hydrogens is 333 g/mol. The first-order valence-corrected chi connectivity index (χ1v) is 10.2. The molecule has 1 saturated carbocycles. The summed E-state index contributed by atoms with van der Waals surface area (Å²) in [6.45, 7) is 2.24. The second-order valence-electron chi connectivity index (χ2n) is 7.89. The standard InChI is InChI=1S/C23H29F3/c1-2-3-4-5-6-7-16-8-10-17(11-9-16)18-12-13-20-19(14-18)15-21(24)23(26)22(20)25/h12-17H,2-11H2,1H3/t16-,17-. The van der Waals surface area contributed by atoms with Crippen LogP contribution in [0.5, 0.6) is 0 Å². The summed E-state index contributed by atoms with van der Waals surface area (Å²) in [5, 5.41) is 0.616. The lowest BCUT2D eigenvalue weighted by molar-refractivity contribution is 0.302. The average molecular weight is 362 g/mol. The molecule has 2 aromatic carbocycles. The molecule has 3 heteroatoms. The molecule has 0 bridgehead atoms. The minimum Gasteiger partial charge on any atom is -0.204 e. The van der Waals surface area contributed by atoms with E-state index in [1.54, 1.807) is 6.07 Å². The van der Waals surface area contributed by atoms with Crippen molar-refractivity contribution in [1.82, 2.24) is 0 Å². The van der Waals surface area contributed by atoms with Crippen LogP contribution >= 0.6 is 0 Å². The van der Waals surface area contributed by atoms with E-state index in [1.807, 2.05) is 12.1 Å². The zero-order valence-electron chi connectivity index (χ0n) is 15.7. The van der Waals surface area contributed by atoms with Gasteiger partial charge in [0.05, 0.1) is 0 Å². The summed E-state index contributed by atoms with van der Waals surface area (Å²) in [5.41, 5.74) is 1.13. The van der Waals surface area contributed by atoms with E-state index in [2.05, 4.69) is 6.92 Å². The fraction of sp³-hybridized carbons (Fsp3) is 0.565. The fourth-order valence-corrected chi connectivity index (χ4v) is 4.40. The highest BCUT2D eigenvalue weighted by molar-refractivity contribution is 5.84. The van der Waals surface area contributed by atoms with Gasteiger partial charge < -0.3 is 0 Å². The van der Waals surface area contributed by atoms with E-state index in [0.717, 1.165) is 30.4 Å². The van der Waals surface area contributed by atoms with Crippen molar-refractivity contribution in [3.05, 3.63) is 47.3 Å². The van der Waals surface area contributed by atoms with Gasteiger partial charge in [0, 0.05) is 5.39 Å². The third-order valence-electron chi connectivity index (χ3n) is 6.03. The highest BCUT2D eigenvalue weighted by Crippen LogP contribution is 2.39. The number of benzene rings is 2. The Hall–Kier alpha value is -1.51. The zero-order chi connectivity index (χ0) is 18.5. The summed E-state index contributed by atoms with van der Waals surface area (Å²) >= 11 is 0. The Labute approximate surface area is 154 Å². The van der Waals surface area contributed by atoms with Crippen LogP contribution in [0.4, 0.5) is 13.2 Å². The molecule has 0 atom stereocenters. The number of hydrogen-bond acceptors (Lipinski definition) is 0. The van der Waals surface area contributed by atoms with Gasteiger partial charge in [-0.3, -0.25) is 0 Å². The predicted octanol–water partition coefficient (Wildman–Crippen LogP) is 7.89. The summed E-state index contributed by atoms with van der Waals surface area (Å²) in [6, 6.07) is 6.44. The first kappa shape index (κ1) is 19.3. The van der Waals surface area contributed by atoms with E-state index in [9.17, 15) is 13.2 Å². The molecule has 2 aromatic rings. The largest absolute Gasteiger partial charge is 0.204 e. The van der Waals surface area contributed by atoms with Crippen LogP contribution < -0.4 is 0 Å². The zero-order valence-corrected chi connectivity index (χ0v) is 15.7. The smallest absolute Gasteiger partial charge is 0.195 e. The quantitative estimate of drug-likeness (QED) is 0.347. The van der Waals surface area contributed by atoms with E-state index in [1.165, 1.54) is 51.4 Å². The third-order valence-corrected chi connectivity index (χ3v) is 6.03. The third kappa shape index (κ3) is 4.42. The van der Waals surface area contributed by atoms with E-state index in [0.29, 0.717) is 11.3 Å². The van der Waals surface area contributed by atoms with Gasteiger partial charge in [-0.05, 0) is 54.5 Å². The second-order valence-corrected chi connectivity index (χ2v) is 7.89. The second kappa shape index (κ2) is 8.92. The molecule has 142 valence electrons. The molecule has 0 aromatic heterocycles. The van der Waals surface area contributed by atoms with Gasteiger partial charge in [0.25, 0.3) is 0 Å². The van der Waals surface area contributed by atoms with Crippen molar-refractivity contribution in [2.75, 3.05) is 0 Å². The molecule has 0 spiro atoms. The molecule has 26 heavy (non-hydrogen) atoms. The van der Waals surface area contributed by atoms with E-state index in [-0.39, 0.29) is 5.39 Å². The first-order chi connectivity index (χ1) is 12.6. The number of unbranched alkanes of at least 4 members (excludes halogenated alkanes) is 4. The topological polar surface area (TPSA) is 0 Å². The maximum atomic E-state index is 13.9. The van der Waals surface area contributed by atoms with Crippen molar-refractivity contribution < 1.29 is 13.2 Å². The monoisotopic (exact) mass is 362 g/mol. The molecule has 0 N–H and O–H groups in total. The lowest BCUT2D eigenvalue weighted by Crippen LogP contribution is -2.13. The number of halogens is 3. The molecule has 0 saturated heterocycles. The van der Waals surface area contributed by atoms with E-state index in [4.69, 9.17) is 0 Å². The van der Waals surface area contributed by atoms with E-state index >= 15 is 0 Å². The van der Waals surface area contributed by atoms with Crippen LogP contribution in [-0.4, -0.2) is 0 Å². The molecule has 0 amide bonds. The van der Waals surface area contributed by atoms with Crippen molar-refractivity contribution in [3.8, 4) is 0 Å². The minimum absolute atomic E-state index is 0.161. The fourth-order valence-electron chi connectivity index (χ4n) is 4.40. The van der Waals surface area contributed by atoms with Gasteiger partial charge >= 0.3 is 0 Å². The van der Waals surface area contributed by atoms with Crippen LogP contribution in [0.3, 0.4) is 0 Å². The Bertz CT molecular complexity index is 730. The van der Waals surface area contributed by atoms with Crippen molar-refractivity contribution >= 4 is 10.8 Å². The lowest BCUT2D eigenvalue weighted by Gasteiger charge is -2.29. The summed E-state index contributed by atoms with van der Waals surface area (Å²) in [7, 11) is 0. The molecule has 0 aliphatic heterocycles. The van der Waals surface area contributed by atoms with Gasteiger partial charge in [0.2, 0.25) is 0 Å². The summed E-state index contributed by atoms with van der Waals surface area (Å²) < 4.78 is 40.8. The van der Waals surface area contributed by atoms with Gasteiger partial charge in [-0.1, -0.05) is 63.6 Å². The molecule has 0 nitrogen and oxygen atoms in total. The Balaban J connectivity index is 1.58. The normalized spacial score (nSPS) is 20.6. The van der Waals surface area contributed by atoms with Crippen LogP contribution in [0.25, 0.3) is 10.8 Å². The molecular formula is C23H29F3. The Morgan fingerprint density at radius 2 is 1.58 bits per heavy atom. The van der Waals surface area contributed by atoms with Gasteiger partial charge in [0.1, 0.15) is 0 Å². The summed E-state index contributed by atoms with van der Waals surface area (Å²) in [6.07, 6.45) is 12.8. The molecule has 1 aliphatic carbocycles. The molecule has 3 rings (SSSR count). The maximum absolute atomic E-state index is 13.9. The van der Waals surface area contributed by atoms with Crippen LogP contribution in [-0.2, 0) is 0 Å². The summed E-state index contributed by atoms with van der Waals surface area (Å²) in [4.78, 5) is 0. The number of hydrogen-bond donors (Lipinski definition) is 0. The number of fused-ring (bicyclic) bond motifs is 1. The molecule has 0 heterocycles.